The molecule has 1 N–H and O–H groups in total. The molecule has 0 atom stereocenters. The van der Waals surface area contributed by atoms with Gasteiger partial charge in [-0.05, 0) is 43.2 Å². The second-order valence-electron chi connectivity index (χ2n) is 7.38. The lowest BCUT2D eigenvalue weighted by Crippen LogP contribution is -2.41. The number of sulfonamides is 1. The number of anilines is 1. The molecule has 1 fully saturated rings. The van der Waals surface area contributed by atoms with Gasteiger partial charge in [0.25, 0.3) is 0 Å². The van der Waals surface area contributed by atoms with Crippen LogP contribution < -0.4 is 14.8 Å². The first-order chi connectivity index (χ1) is 15.1. The zero-order valence-corrected chi connectivity index (χ0v) is 18.1. The van der Waals surface area contributed by atoms with Crippen LogP contribution in [0.3, 0.4) is 0 Å². The Morgan fingerprint density at radius 2 is 1.75 bits per heavy atom. The summed E-state index contributed by atoms with van der Waals surface area (Å²) in [5.41, 5.74) is -0.580. The predicted octanol–water partition coefficient (Wildman–Crippen LogP) is 4.13. The third kappa shape index (κ3) is 4.50. The molecule has 1 saturated heterocycles. The second kappa shape index (κ2) is 8.45. The lowest BCUT2D eigenvalue weighted by molar-refractivity contribution is -0.137. The van der Waals surface area contributed by atoms with Crippen molar-refractivity contribution in [1.82, 2.24) is 4.31 Å². The summed E-state index contributed by atoms with van der Waals surface area (Å²) >= 11 is 5.90. The predicted molar refractivity (Wildman–Crippen MR) is 109 cm³/mol. The van der Waals surface area contributed by atoms with E-state index in [1.54, 1.807) is 18.2 Å². The van der Waals surface area contributed by atoms with Gasteiger partial charge in [0, 0.05) is 30.8 Å². The number of fused-ring (bicyclic) bond motifs is 1. The fourth-order valence-corrected chi connectivity index (χ4v) is 5.56. The molecular formula is C20H18ClF3N2O5S. The van der Waals surface area contributed by atoms with E-state index >= 15 is 0 Å². The average Bonchev–Trinajstić information content (AvgIpc) is 3.21. The third-order valence-corrected chi connectivity index (χ3v) is 7.72. The number of halogens is 4. The van der Waals surface area contributed by atoms with Crippen molar-refractivity contribution in [2.24, 2.45) is 5.92 Å². The van der Waals surface area contributed by atoms with Gasteiger partial charge in [-0.25, -0.2) is 8.42 Å². The Morgan fingerprint density at radius 3 is 2.44 bits per heavy atom. The summed E-state index contributed by atoms with van der Waals surface area (Å²) in [5.74, 6) is 0.360. The normalized spacial score (nSPS) is 17.4. The number of hydrogen-bond acceptors (Lipinski definition) is 5. The second-order valence-corrected chi connectivity index (χ2v) is 9.69. The summed E-state index contributed by atoms with van der Waals surface area (Å²) in [4.78, 5) is 12.0. The monoisotopic (exact) mass is 490 g/mol. The minimum atomic E-state index is -4.70. The first-order valence-electron chi connectivity index (χ1n) is 9.63. The maximum Gasteiger partial charge on any atom is 0.416 e. The molecular weight excluding hydrogens is 473 g/mol. The summed E-state index contributed by atoms with van der Waals surface area (Å²) in [6.45, 7) is 0.0673. The van der Waals surface area contributed by atoms with Gasteiger partial charge in [0.2, 0.25) is 22.7 Å². The van der Waals surface area contributed by atoms with E-state index in [0.717, 1.165) is 16.4 Å². The Hall–Kier alpha value is -2.50. The fourth-order valence-electron chi connectivity index (χ4n) is 3.59. The number of carbonyl (C=O) groups is 1. The van der Waals surface area contributed by atoms with E-state index in [2.05, 4.69) is 5.32 Å². The Morgan fingerprint density at radius 1 is 1.06 bits per heavy atom. The minimum Gasteiger partial charge on any atom is -0.454 e. The Balaban J connectivity index is 1.42. The average molecular weight is 491 g/mol. The molecule has 32 heavy (non-hydrogen) atoms. The summed E-state index contributed by atoms with van der Waals surface area (Å²) < 4.78 is 76.4. The number of carbonyl (C=O) groups excluding carboxylic acids is 1. The highest BCUT2D eigenvalue weighted by Gasteiger charge is 2.36. The number of hydrogen-bond donors (Lipinski definition) is 1. The first kappa shape index (κ1) is 22.7. The number of benzene rings is 2. The van der Waals surface area contributed by atoms with Crippen LogP contribution in [0.2, 0.25) is 5.02 Å². The van der Waals surface area contributed by atoms with Crippen LogP contribution in [0, 0.1) is 5.92 Å². The molecule has 0 bridgehead atoms. The lowest BCUT2D eigenvalue weighted by Gasteiger charge is -2.31. The molecule has 172 valence electrons. The van der Waals surface area contributed by atoms with Crippen LogP contribution in [0.25, 0.3) is 0 Å². The Labute approximate surface area is 187 Å². The minimum absolute atomic E-state index is 0.0197. The number of amides is 1. The number of rotatable bonds is 4. The molecule has 4 rings (SSSR count). The van der Waals surface area contributed by atoms with Crippen molar-refractivity contribution in [3.05, 3.63) is 47.0 Å². The highest BCUT2D eigenvalue weighted by atomic mass is 35.5. The molecule has 2 aliphatic rings. The topological polar surface area (TPSA) is 84.9 Å². The van der Waals surface area contributed by atoms with Crippen LogP contribution in [0.4, 0.5) is 18.9 Å². The molecule has 0 unspecified atom stereocenters. The molecule has 2 aliphatic heterocycles. The number of piperidine rings is 1. The van der Waals surface area contributed by atoms with E-state index in [1.165, 1.54) is 0 Å². The van der Waals surface area contributed by atoms with E-state index in [1.807, 2.05) is 0 Å². The molecule has 0 aromatic heterocycles. The Kier molecular flexibility index (Phi) is 5.99. The van der Waals surface area contributed by atoms with Crippen molar-refractivity contribution in [1.29, 1.82) is 0 Å². The maximum absolute atomic E-state index is 13.0. The standard InChI is InChI=1S/C20H18ClF3N2O5S/c21-15-3-1-13(20(22,23)24)9-18(15)32(28,29)26-7-5-12(6-8-26)19(27)25-14-2-4-16-17(10-14)31-11-30-16/h1-4,9-10,12H,5-8,11H2,(H,25,27). The first-order valence-corrected chi connectivity index (χ1v) is 11.4. The number of ether oxygens (including phenoxy) is 2. The van der Waals surface area contributed by atoms with Crippen LogP contribution in [0.5, 0.6) is 11.5 Å². The summed E-state index contributed by atoms with van der Waals surface area (Å²) in [5, 5.41) is 2.48. The maximum atomic E-state index is 13.0. The van der Waals surface area contributed by atoms with Gasteiger partial charge in [-0.2, -0.15) is 17.5 Å². The van der Waals surface area contributed by atoms with E-state index in [-0.39, 0.29) is 43.7 Å². The van der Waals surface area contributed by atoms with Crippen LogP contribution in [0.15, 0.2) is 41.3 Å². The van der Waals surface area contributed by atoms with Gasteiger partial charge in [-0.15, -0.1) is 0 Å². The summed E-state index contributed by atoms with van der Waals surface area (Å²) in [7, 11) is -4.25. The van der Waals surface area contributed by atoms with Crippen molar-refractivity contribution in [3.63, 3.8) is 0 Å². The molecule has 0 aliphatic carbocycles. The molecule has 1 amide bonds. The molecule has 0 saturated carbocycles. The summed E-state index contributed by atoms with van der Waals surface area (Å²) in [6, 6.07) is 7.16. The van der Waals surface area contributed by atoms with Gasteiger partial charge >= 0.3 is 6.18 Å². The van der Waals surface area contributed by atoms with Gasteiger partial charge in [-0.3, -0.25) is 4.79 Å². The van der Waals surface area contributed by atoms with Gasteiger partial charge in [0.15, 0.2) is 11.5 Å². The Bertz CT molecular complexity index is 1150. The molecule has 12 heteroatoms. The zero-order chi connectivity index (χ0) is 23.1. The molecule has 2 aromatic carbocycles. The van der Waals surface area contributed by atoms with Gasteiger partial charge in [0.05, 0.1) is 10.6 Å². The van der Waals surface area contributed by atoms with Crippen molar-refractivity contribution in [2.45, 2.75) is 23.9 Å². The lowest BCUT2D eigenvalue weighted by atomic mass is 9.97. The van der Waals surface area contributed by atoms with Crippen LogP contribution >= 0.6 is 11.6 Å². The number of nitrogens with one attached hydrogen (secondary N) is 1. The molecule has 2 aromatic rings. The fraction of sp³-hybridized carbons (Fsp3) is 0.350. The number of nitrogens with zero attached hydrogens (tertiary/aromatic N) is 1. The van der Waals surface area contributed by atoms with Gasteiger partial charge < -0.3 is 14.8 Å². The van der Waals surface area contributed by atoms with E-state index < -0.39 is 32.6 Å². The zero-order valence-electron chi connectivity index (χ0n) is 16.5. The largest absolute Gasteiger partial charge is 0.454 e. The van der Waals surface area contributed by atoms with Crippen molar-refractivity contribution in [3.8, 4) is 11.5 Å². The van der Waals surface area contributed by atoms with E-state index in [0.29, 0.717) is 23.3 Å². The van der Waals surface area contributed by atoms with Crippen LogP contribution in [0.1, 0.15) is 18.4 Å². The van der Waals surface area contributed by atoms with Crippen LogP contribution in [-0.2, 0) is 21.0 Å². The highest BCUT2D eigenvalue weighted by molar-refractivity contribution is 7.89. The number of alkyl halides is 3. The molecule has 0 radical (unpaired) electrons. The van der Waals surface area contributed by atoms with Crippen LogP contribution in [-0.4, -0.2) is 38.5 Å². The quantitative estimate of drug-likeness (QED) is 0.696. The molecule has 7 nitrogen and oxygen atoms in total. The van der Waals surface area contributed by atoms with Crippen molar-refractivity contribution in [2.75, 3.05) is 25.2 Å². The molecule has 0 spiro atoms. The smallest absolute Gasteiger partial charge is 0.416 e. The SMILES string of the molecule is O=C(Nc1ccc2c(c1)OCO2)C1CCN(S(=O)(=O)c2cc(C(F)(F)F)ccc2Cl)CC1. The van der Waals surface area contributed by atoms with Gasteiger partial charge in [-0.1, -0.05) is 11.6 Å². The summed E-state index contributed by atoms with van der Waals surface area (Å²) in [6.07, 6.45) is -4.27. The third-order valence-electron chi connectivity index (χ3n) is 5.34. The van der Waals surface area contributed by atoms with Crippen molar-refractivity contribution >= 4 is 33.2 Å². The van der Waals surface area contributed by atoms with E-state index in [4.69, 9.17) is 21.1 Å². The van der Waals surface area contributed by atoms with Crippen molar-refractivity contribution < 1.29 is 35.9 Å². The highest BCUT2D eigenvalue weighted by Crippen LogP contribution is 2.36. The van der Waals surface area contributed by atoms with Gasteiger partial charge in [0.1, 0.15) is 4.90 Å². The van der Waals surface area contributed by atoms with E-state index in [9.17, 15) is 26.4 Å². The molecule has 2 heterocycles.